The number of hydrogen-bond donors (Lipinski definition) is 1. The molecule has 0 saturated carbocycles. The van der Waals surface area contributed by atoms with Gasteiger partial charge in [-0.3, -0.25) is 9.89 Å². The molecule has 16 heavy (non-hydrogen) atoms. The molecule has 1 amide bonds. The maximum atomic E-state index is 11.7. The average Bonchev–Trinajstić information content (AvgIpc) is 2.96. The number of aromatic amines is 1. The molecule has 0 bridgehead atoms. The zero-order chi connectivity index (χ0) is 11.4. The second kappa shape index (κ2) is 5.34. The number of rotatable bonds is 4. The molecule has 0 atom stereocenters. The number of H-pyrrole nitrogens is 1. The number of aromatic nitrogens is 3. The van der Waals surface area contributed by atoms with Crippen LogP contribution in [0.3, 0.4) is 0 Å². The lowest BCUT2D eigenvalue weighted by atomic mass is 10.4. The number of nitrogens with zero attached hydrogens (tertiary/aromatic N) is 3. The van der Waals surface area contributed by atoms with Crippen LogP contribution in [-0.4, -0.2) is 44.8 Å². The summed E-state index contributed by atoms with van der Waals surface area (Å²) in [7, 11) is 0. The SMILES string of the molecule is CCc1nc(SCC(=O)N2CCCC2)n[nH]1. The third-order valence-corrected chi connectivity index (χ3v) is 3.46. The van der Waals surface area contributed by atoms with Crippen LogP contribution in [0.1, 0.15) is 25.6 Å². The Bertz CT molecular complexity index is 359. The van der Waals surface area contributed by atoms with Gasteiger partial charge in [0.25, 0.3) is 0 Å². The largest absolute Gasteiger partial charge is 0.342 e. The second-order valence-corrected chi connectivity index (χ2v) is 4.74. The number of aryl methyl sites for hydroxylation is 1. The highest BCUT2D eigenvalue weighted by molar-refractivity contribution is 7.99. The summed E-state index contributed by atoms with van der Waals surface area (Å²) >= 11 is 1.41. The van der Waals surface area contributed by atoms with Crippen molar-refractivity contribution in [3.05, 3.63) is 5.82 Å². The molecule has 0 unspecified atom stereocenters. The average molecular weight is 240 g/mol. The Morgan fingerprint density at radius 2 is 2.25 bits per heavy atom. The first-order chi connectivity index (χ1) is 7.79. The fourth-order valence-corrected chi connectivity index (χ4v) is 2.40. The van der Waals surface area contributed by atoms with Crippen molar-refractivity contribution in [3.63, 3.8) is 0 Å². The molecule has 6 heteroatoms. The van der Waals surface area contributed by atoms with E-state index in [1.165, 1.54) is 11.8 Å². The summed E-state index contributed by atoms with van der Waals surface area (Å²) in [5, 5.41) is 7.55. The molecule has 0 radical (unpaired) electrons. The lowest BCUT2D eigenvalue weighted by Crippen LogP contribution is -2.29. The van der Waals surface area contributed by atoms with E-state index in [0.29, 0.717) is 10.9 Å². The van der Waals surface area contributed by atoms with Gasteiger partial charge < -0.3 is 4.90 Å². The van der Waals surface area contributed by atoms with Crippen LogP contribution in [0.5, 0.6) is 0 Å². The van der Waals surface area contributed by atoms with Gasteiger partial charge in [0.2, 0.25) is 11.1 Å². The lowest BCUT2D eigenvalue weighted by molar-refractivity contribution is -0.127. The van der Waals surface area contributed by atoms with E-state index in [4.69, 9.17) is 0 Å². The van der Waals surface area contributed by atoms with Crippen LogP contribution in [0, 0.1) is 0 Å². The van der Waals surface area contributed by atoms with Gasteiger partial charge in [-0.15, -0.1) is 5.10 Å². The number of carbonyl (C=O) groups excluding carboxylic acids is 1. The first-order valence-electron chi connectivity index (χ1n) is 5.61. The highest BCUT2D eigenvalue weighted by Crippen LogP contribution is 2.15. The van der Waals surface area contributed by atoms with Gasteiger partial charge in [-0.05, 0) is 12.8 Å². The van der Waals surface area contributed by atoms with Gasteiger partial charge in [0.1, 0.15) is 5.82 Å². The van der Waals surface area contributed by atoms with Gasteiger partial charge >= 0.3 is 0 Å². The van der Waals surface area contributed by atoms with Crippen molar-refractivity contribution in [1.82, 2.24) is 20.1 Å². The number of nitrogens with one attached hydrogen (secondary N) is 1. The van der Waals surface area contributed by atoms with E-state index in [1.807, 2.05) is 11.8 Å². The standard InChI is InChI=1S/C10H16N4OS/c1-2-8-11-10(13-12-8)16-7-9(15)14-5-3-4-6-14/h2-7H2,1H3,(H,11,12,13). The normalized spacial score (nSPS) is 15.7. The monoisotopic (exact) mass is 240 g/mol. The van der Waals surface area contributed by atoms with Gasteiger partial charge in [-0.2, -0.15) is 0 Å². The molecule has 1 aliphatic rings. The maximum absolute atomic E-state index is 11.7. The molecule has 1 aromatic heterocycles. The van der Waals surface area contributed by atoms with E-state index in [1.54, 1.807) is 0 Å². The zero-order valence-electron chi connectivity index (χ0n) is 9.40. The van der Waals surface area contributed by atoms with Gasteiger partial charge in [-0.1, -0.05) is 18.7 Å². The predicted molar refractivity (Wildman–Crippen MR) is 62.3 cm³/mol. The summed E-state index contributed by atoms with van der Waals surface area (Å²) in [5.74, 6) is 1.52. The number of likely N-dealkylation sites (tertiary alicyclic amines) is 1. The van der Waals surface area contributed by atoms with Crippen LogP contribution in [0.15, 0.2) is 5.16 Å². The molecule has 2 rings (SSSR count). The van der Waals surface area contributed by atoms with E-state index < -0.39 is 0 Å². The van der Waals surface area contributed by atoms with Crippen molar-refractivity contribution in [2.45, 2.75) is 31.3 Å². The molecule has 0 spiro atoms. The molecular formula is C10H16N4OS. The van der Waals surface area contributed by atoms with E-state index in [2.05, 4.69) is 15.2 Å². The van der Waals surface area contributed by atoms with E-state index >= 15 is 0 Å². The van der Waals surface area contributed by atoms with Crippen molar-refractivity contribution in [2.24, 2.45) is 0 Å². The second-order valence-electron chi connectivity index (χ2n) is 3.79. The van der Waals surface area contributed by atoms with Crippen molar-refractivity contribution in [3.8, 4) is 0 Å². The molecule has 1 saturated heterocycles. The Morgan fingerprint density at radius 3 is 2.88 bits per heavy atom. The number of carbonyl (C=O) groups is 1. The molecule has 0 aliphatic carbocycles. The van der Waals surface area contributed by atoms with Crippen LogP contribution >= 0.6 is 11.8 Å². The fourth-order valence-electron chi connectivity index (χ4n) is 1.68. The minimum absolute atomic E-state index is 0.199. The molecular weight excluding hydrogens is 224 g/mol. The van der Waals surface area contributed by atoms with Crippen molar-refractivity contribution in [1.29, 1.82) is 0 Å². The first-order valence-corrected chi connectivity index (χ1v) is 6.60. The maximum Gasteiger partial charge on any atom is 0.233 e. The summed E-state index contributed by atoms with van der Waals surface area (Å²) in [4.78, 5) is 17.9. The van der Waals surface area contributed by atoms with Crippen LogP contribution in [0.2, 0.25) is 0 Å². The van der Waals surface area contributed by atoms with Crippen molar-refractivity contribution < 1.29 is 4.79 Å². The molecule has 5 nitrogen and oxygen atoms in total. The van der Waals surface area contributed by atoms with Gasteiger partial charge in [0.05, 0.1) is 5.75 Å². The third-order valence-electron chi connectivity index (χ3n) is 2.63. The van der Waals surface area contributed by atoms with Gasteiger partial charge in [-0.25, -0.2) is 4.98 Å². The summed E-state index contributed by atoms with van der Waals surface area (Å²) in [5.41, 5.74) is 0. The van der Waals surface area contributed by atoms with Crippen molar-refractivity contribution in [2.75, 3.05) is 18.8 Å². The molecule has 1 aromatic rings. The van der Waals surface area contributed by atoms with E-state index in [0.717, 1.165) is 38.2 Å². The molecule has 0 aromatic carbocycles. The quantitative estimate of drug-likeness (QED) is 0.800. The Balaban J connectivity index is 1.80. The minimum Gasteiger partial charge on any atom is -0.342 e. The first kappa shape index (κ1) is 11.4. The van der Waals surface area contributed by atoms with E-state index in [-0.39, 0.29) is 5.91 Å². The Morgan fingerprint density at radius 1 is 1.50 bits per heavy atom. The molecule has 1 N–H and O–H groups in total. The summed E-state index contributed by atoms with van der Waals surface area (Å²) in [6.07, 6.45) is 3.11. The summed E-state index contributed by atoms with van der Waals surface area (Å²) in [6.45, 7) is 3.84. The summed E-state index contributed by atoms with van der Waals surface area (Å²) < 4.78 is 0. The third kappa shape index (κ3) is 2.75. The van der Waals surface area contributed by atoms with Crippen LogP contribution in [0.4, 0.5) is 0 Å². The molecule has 1 fully saturated rings. The Hall–Kier alpha value is -1.04. The highest BCUT2D eigenvalue weighted by atomic mass is 32.2. The number of thioether (sulfide) groups is 1. The molecule has 1 aliphatic heterocycles. The van der Waals surface area contributed by atoms with Crippen LogP contribution < -0.4 is 0 Å². The minimum atomic E-state index is 0.199. The van der Waals surface area contributed by atoms with Gasteiger partial charge in [0, 0.05) is 19.5 Å². The number of amides is 1. The highest BCUT2D eigenvalue weighted by Gasteiger charge is 2.18. The Labute approximate surface area is 99.0 Å². The Kier molecular flexibility index (Phi) is 3.82. The molecule has 2 heterocycles. The molecule has 88 valence electrons. The topological polar surface area (TPSA) is 61.9 Å². The predicted octanol–water partition coefficient (Wildman–Crippen LogP) is 1.08. The zero-order valence-corrected chi connectivity index (χ0v) is 10.2. The van der Waals surface area contributed by atoms with Crippen molar-refractivity contribution >= 4 is 17.7 Å². The van der Waals surface area contributed by atoms with Crippen LogP contribution in [-0.2, 0) is 11.2 Å². The van der Waals surface area contributed by atoms with Crippen LogP contribution in [0.25, 0.3) is 0 Å². The lowest BCUT2D eigenvalue weighted by Gasteiger charge is -2.13. The summed E-state index contributed by atoms with van der Waals surface area (Å²) in [6, 6.07) is 0. The van der Waals surface area contributed by atoms with E-state index in [9.17, 15) is 4.79 Å². The number of hydrogen-bond acceptors (Lipinski definition) is 4. The smallest absolute Gasteiger partial charge is 0.233 e. The fraction of sp³-hybridized carbons (Fsp3) is 0.700. The van der Waals surface area contributed by atoms with Gasteiger partial charge in [0.15, 0.2) is 0 Å².